The van der Waals surface area contributed by atoms with Crippen LogP contribution in [-0.2, 0) is 16.1 Å². The van der Waals surface area contributed by atoms with E-state index >= 15 is 0 Å². The highest BCUT2D eigenvalue weighted by Gasteiger charge is 2.47. The van der Waals surface area contributed by atoms with Gasteiger partial charge in [-0.2, -0.15) is 0 Å². The molecule has 0 saturated carbocycles. The van der Waals surface area contributed by atoms with Gasteiger partial charge in [-0.3, -0.25) is 14.5 Å². The molecule has 2 N–H and O–H groups in total. The van der Waals surface area contributed by atoms with Crippen LogP contribution in [0.3, 0.4) is 0 Å². The van der Waals surface area contributed by atoms with Crippen molar-refractivity contribution < 1.29 is 19.1 Å². The molecule has 0 radical (unpaired) electrons. The summed E-state index contributed by atoms with van der Waals surface area (Å²) in [6.07, 6.45) is -0.613. The third kappa shape index (κ3) is 6.17. The third-order valence-corrected chi connectivity index (χ3v) is 6.61. The smallest absolute Gasteiger partial charge is 0.411 e. The molecule has 0 bridgehead atoms. The van der Waals surface area contributed by atoms with E-state index < -0.39 is 18.2 Å². The van der Waals surface area contributed by atoms with Gasteiger partial charge in [-0.25, -0.2) is 4.79 Å². The van der Waals surface area contributed by atoms with Crippen molar-refractivity contribution in [3.05, 3.63) is 101 Å². The van der Waals surface area contributed by atoms with Crippen molar-refractivity contribution >= 4 is 23.6 Å². The Hall–Kier alpha value is -4.13. The van der Waals surface area contributed by atoms with Crippen LogP contribution in [-0.4, -0.2) is 34.9 Å². The number of carbonyl (C=O) groups is 3. The molecule has 0 aliphatic carbocycles. The van der Waals surface area contributed by atoms with Crippen molar-refractivity contribution in [2.24, 2.45) is 0 Å². The molecule has 1 aliphatic heterocycles. The van der Waals surface area contributed by atoms with Gasteiger partial charge in [0.05, 0.1) is 6.54 Å². The number of ether oxygens (including phenoxy) is 1. The van der Waals surface area contributed by atoms with Crippen LogP contribution in [0.1, 0.15) is 59.0 Å². The van der Waals surface area contributed by atoms with Gasteiger partial charge in [0.25, 0.3) is 5.91 Å². The summed E-state index contributed by atoms with van der Waals surface area (Å²) in [6, 6.07) is 21.3. The molecule has 0 aromatic heterocycles. The topological polar surface area (TPSA) is 87.7 Å². The maximum atomic E-state index is 13.4. The van der Waals surface area contributed by atoms with Crippen LogP contribution in [0.15, 0.2) is 72.8 Å². The van der Waals surface area contributed by atoms with E-state index in [2.05, 4.69) is 10.6 Å². The van der Waals surface area contributed by atoms with Crippen molar-refractivity contribution in [3.8, 4) is 0 Å². The molecule has 37 heavy (non-hydrogen) atoms. The summed E-state index contributed by atoms with van der Waals surface area (Å²) < 4.78 is 5.78. The molecule has 7 nitrogen and oxygen atoms in total. The normalized spacial score (nSPS) is 17.7. The number of nitrogens with zero attached hydrogens (tertiary/aromatic N) is 1. The summed E-state index contributed by atoms with van der Waals surface area (Å²) in [5.41, 5.74) is 4.81. The van der Waals surface area contributed by atoms with E-state index in [9.17, 15) is 14.4 Å². The minimum absolute atomic E-state index is 0.0507. The SMILES string of the molecule is CC[C@H](C)NC(=O)[C@H]1[C@H](c2cccc(NC(=O)c3ccc(C)cc3)c2)OC(=O)N1Cc1ccc(C)cc1. The van der Waals surface area contributed by atoms with E-state index in [1.807, 2.05) is 64.1 Å². The number of nitrogens with one attached hydrogen (secondary N) is 2. The standard InChI is InChI=1S/C30H33N3O4/c1-5-21(4)31-29(35)26-27(37-30(36)33(26)18-22-13-9-19(2)10-14-22)24-7-6-8-25(17-24)32-28(34)23-15-11-20(3)12-16-23/h6-17,21,26-27H,5,18H2,1-4H3,(H,31,35)(H,32,34)/t21-,26+,27-/m0/s1. The first kappa shape index (κ1) is 25.9. The van der Waals surface area contributed by atoms with E-state index in [1.165, 1.54) is 4.90 Å². The maximum Gasteiger partial charge on any atom is 0.411 e. The number of carbonyl (C=O) groups excluding carboxylic acids is 3. The molecule has 4 rings (SSSR count). The summed E-state index contributed by atoms with van der Waals surface area (Å²) in [5.74, 6) is -0.515. The zero-order chi connectivity index (χ0) is 26.5. The molecular weight excluding hydrogens is 466 g/mol. The monoisotopic (exact) mass is 499 g/mol. The number of aryl methyl sites for hydroxylation is 2. The van der Waals surface area contributed by atoms with Crippen LogP contribution >= 0.6 is 0 Å². The molecule has 1 heterocycles. The van der Waals surface area contributed by atoms with Gasteiger partial charge in [0, 0.05) is 17.3 Å². The number of benzene rings is 3. The summed E-state index contributed by atoms with van der Waals surface area (Å²) in [4.78, 5) is 40.7. The van der Waals surface area contributed by atoms with Crippen LogP contribution in [0.5, 0.6) is 0 Å². The fourth-order valence-corrected chi connectivity index (χ4v) is 4.23. The second-order valence-electron chi connectivity index (χ2n) is 9.63. The van der Waals surface area contributed by atoms with E-state index in [4.69, 9.17) is 4.74 Å². The molecule has 0 spiro atoms. The summed E-state index contributed by atoms with van der Waals surface area (Å²) in [6.45, 7) is 8.12. The van der Waals surface area contributed by atoms with Gasteiger partial charge in [0.2, 0.25) is 5.91 Å². The molecule has 7 heteroatoms. The van der Waals surface area contributed by atoms with Gasteiger partial charge in [0.15, 0.2) is 12.1 Å². The first-order chi connectivity index (χ1) is 17.7. The molecular formula is C30H33N3O4. The zero-order valence-electron chi connectivity index (χ0n) is 21.7. The third-order valence-electron chi connectivity index (χ3n) is 6.61. The lowest BCUT2D eigenvalue weighted by molar-refractivity contribution is -0.127. The van der Waals surface area contributed by atoms with Crippen LogP contribution < -0.4 is 10.6 Å². The number of anilines is 1. The van der Waals surface area contributed by atoms with Crippen LogP contribution in [0.4, 0.5) is 10.5 Å². The van der Waals surface area contributed by atoms with Gasteiger partial charge in [0.1, 0.15) is 0 Å². The summed E-state index contributed by atoms with van der Waals surface area (Å²) in [7, 11) is 0. The van der Waals surface area contributed by atoms with E-state index in [1.54, 1.807) is 36.4 Å². The van der Waals surface area contributed by atoms with Crippen molar-refractivity contribution in [3.63, 3.8) is 0 Å². The quantitative estimate of drug-likeness (QED) is 0.426. The number of cyclic esters (lactones) is 1. The highest BCUT2D eigenvalue weighted by Crippen LogP contribution is 2.35. The lowest BCUT2D eigenvalue weighted by Crippen LogP contribution is -2.48. The van der Waals surface area contributed by atoms with Gasteiger partial charge in [-0.05, 0) is 62.6 Å². The highest BCUT2D eigenvalue weighted by molar-refractivity contribution is 6.04. The van der Waals surface area contributed by atoms with Gasteiger partial charge in [-0.15, -0.1) is 0 Å². The van der Waals surface area contributed by atoms with Crippen molar-refractivity contribution in [1.29, 1.82) is 0 Å². The largest absolute Gasteiger partial charge is 0.438 e. The Labute approximate surface area is 217 Å². The van der Waals surface area contributed by atoms with Gasteiger partial charge >= 0.3 is 6.09 Å². The molecule has 1 fully saturated rings. The number of hydrogen-bond acceptors (Lipinski definition) is 4. The van der Waals surface area contributed by atoms with Crippen LogP contribution in [0, 0.1) is 13.8 Å². The average molecular weight is 500 g/mol. The van der Waals surface area contributed by atoms with E-state index in [-0.39, 0.29) is 24.4 Å². The minimum Gasteiger partial charge on any atom is -0.438 e. The molecule has 3 aromatic carbocycles. The average Bonchev–Trinajstić information content (AvgIpc) is 3.21. The predicted molar refractivity (Wildman–Crippen MR) is 143 cm³/mol. The van der Waals surface area contributed by atoms with Gasteiger partial charge in [-0.1, -0.05) is 66.6 Å². The Balaban J connectivity index is 1.60. The van der Waals surface area contributed by atoms with Crippen molar-refractivity contribution in [2.75, 3.05) is 5.32 Å². The zero-order valence-corrected chi connectivity index (χ0v) is 21.7. The second kappa shape index (κ2) is 11.3. The minimum atomic E-state index is -0.856. The first-order valence-electron chi connectivity index (χ1n) is 12.6. The molecule has 3 amide bonds. The van der Waals surface area contributed by atoms with E-state index in [0.717, 1.165) is 23.1 Å². The Morgan fingerprint density at radius 3 is 2.27 bits per heavy atom. The lowest BCUT2D eigenvalue weighted by Gasteiger charge is -2.26. The predicted octanol–water partition coefficient (Wildman–Crippen LogP) is 5.53. The molecule has 0 unspecified atom stereocenters. The molecule has 1 aliphatic rings. The maximum absolute atomic E-state index is 13.4. The number of amides is 3. The first-order valence-corrected chi connectivity index (χ1v) is 12.6. The highest BCUT2D eigenvalue weighted by atomic mass is 16.6. The van der Waals surface area contributed by atoms with Crippen molar-refractivity contribution in [2.45, 2.75) is 58.8 Å². The second-order valence-corrected chi connectivity index (χ2v) is 9.63. The molecule has 1 saturated heterocycles. The van der Waals surface area contributed by atoms with E-state index in [0.29, 0.717) is 16.8 Å². The molecule has 3 aromatic rings. The number of rotatable bonds is 8. The Morgan fingerprint density at radius 1 is 0.973 bits per heavy atom. The van der Waals surface area contributed by atoms with Crippen LogP contribution in [0.2, 0.25) is 0 Å². The van der Waals surface area contributed by atoms with Crippen molar-refractivity contribution in [1.82, 2.24) is 10.2 Å². The number of hydrogen-bond donors (Lipinski definition) is 2. The Bertz CT molecular complexity index is 1270. The molecule has 3 atom stereocenters. The summed E-state index contributed by atoms with van der Waals surface area (Å²) in [5, 5.41) is 5.91. The fourth-order valence-electron chi connectivity index (χ4n) is 4.23. The lowest BCUT2D eigenvalue weighted by atomic mass is 9.99. The van der Waals surface area contributed by atoms with Gasteiger partial charge < -0.3 is 15.4 Å². The Kier molecular flexibility index (Phi) is 7.92. The summed E-state index contributed by atoms with van der Waals surface area (Å²) >= 11 is 0. The molecule has 192 valence electrons. The van der Waals surface area contributed by atoms with Crippen LogP contribution in [0.25, 0.3) is 0 Å². The fraction of sp³-hybridized carbons (Fsp3) is 0.300. The Morgan fingerprint density at radius 2 is 1.62 bits per heavy atom.